The molecule has 0 spiro atoms. The standard InChI is InChI=1S/C12H15NO2/c1-2-4-11(5-3-1)10-13-7-6-12-14-8-9-15-12/h1-5,8-9,12-13H,6-7,10H2. The molecule has 3 nitrogen and oxygen atoms in total. The lowest BCUT2D eigenvalue weighted by molar-refractivity contribution is -0.0273. The predicted octanol–water partition coefficient (Wildman–Crippen LogP) is 2.01. The molecule has 0 saturated carbocycles. The fraction of sp³-hybridized carbons (Fsp3) is 0.333. The van der Waals surface area contributed by atoms with Crippen LogP contribution in [0.2, 0.25) is 0 Å². The van der Waals surface area contributed by atoms with Gasteiger partial charge in [-0.2, -0.15) is 0 Å². The Labute approximate surface area is 89.7 Å². The highest BCUT2D eigenvalue weighted by Crippen LogP contribution is 2.08. The summed E-state index contributed by atoms with van der Waals surface area (Å²) in [7, 11) is 0. The zero-order valence-corrected chi connectivity index (χ0v) is 8.56. The largest absolute Gasteiger partial charge is 0.459 e. The van der Waals surface area contributed by atoms with Gasteiger partial charge in [0.05, 0.1) is 0 Å². The average molecular weight is 205 g/mol. The van der Waals surface area contributed by atoms with Crippen LogP contribution in [-0.2, 0) is 16.0 Å². The maximum absolute atomic E-state index is 5.16. The molecule has 0 unspecified atom stereocenters. The van der Waals surface area contributed by atoms with Crippen LogP contribution in [0.4, 0.5) is 0 Å². The van der Waals surface area contributed by atoms with Crippen LogP contribution in [0.5, 0.6) is 0 Å². The monoisotopic (exact) mass is 205 g/mol. The molecule has 0 atom stereocenters. The third-order valence-corrected chi connectivity index (χ3v) is 2.25. The molecule has 0 amide bonds. The van der Waals surface area contributed by atoms with Gasteiger partial charge in [-0.15, -0.1) is 0 Å². The average Bonchev–Trinajstić information content (AvgIpc) is 2.79. The highest BCUT2D eigenvalue weighted by molar-refractivity contribution is 5.14. The van der Waals surface area contributed by atoms with Gasteiger partial charge in [0.2, 0.25) is 6.29 Å². The molecule has 1 N–H and O–H groups in total. The Morgan fingerprint density at radius 2 is 1.80 bits per heavy atom. The molecule has 0 bridgehead atoms. The van der Waals surface area contributed by atoms with Crippen LogP contribution >= 0.6 is 0 Å². The van der Waals surface area contributed by atoms with Crippen molar-refractivity contribution >= 4 is 0 Å². The number of benzene rings is 1. The number of rotatable bonds is 5. The minimum absolute atomic E-state index is 0.103. The molecule has 15 heavy (non-hydrogen) atoms. The Morgan fingerprint density at radius 3 is 2.53 bits per heavy atom. The molecular weight excluding hydrogens is 190 g/mol. The van der Waals surface area contributed by atoms with Crippen LogP contribution < -0.4 is 5.32 Å². The summed E-state index contributed by atoms with van der Waals surface area (Å²) in [6.45, 7) is 1.78. The second kappa shape index (κ2) is 5.41. The molecule has 0 radical (unpaired) electrons. The van der Waals surface area contributed by atoms with Gasteiger partial charge in [0.1, 0.15) is 12.5 Å². The van der Waals surface area contributed by atoms with E-state index >= 15 is 0 Å². The van der Waals surface area contributed by atoms with Gasteiger partial charge in [-0.1, -0.05) is 30.3 Å². The van der Waals surface area contributed by atoms with Gasteiger partial charge in [-0.25, -0.2) is 0 Å². The Hall–Kier alpha value is -1.48. The van der Waals surface area contributed by atoms with E-state index < -0.39 is 0 Å². The summed E-state index contributed by atoms with van der Waals surface area (Å²) >= 11 is 0. The van der Waals surface area contributed by atoms with Crippen molar-refractivity contribution in [1.29, 1.82) is 0 Å². The Balaban J connectivity index is 1.59. The van der Waals surface area contributed by atoms with Crippen LogP contribution in [0, 0.1) is 0 Å². The zero-order valence-electron chi connectivity index (χ0n) is 8.56. The highest BCUT2D eigenvalue weighted by atomic mass is 16.7. The first-order chi connectivity index (χ1) is 7.45. The van der Waals surface area contributed by atoms with E-state index in [-0.39, 0.29) is 6.29 Å². The molecule has 1 aromatic carbocycles. The van der Waals surface area contributed by atoms with Crippen LogP contribution in [-0.4, -0.2) is 12.8 Å². The number of nitrogens with one attached hydrogen (secondary N) is 1. The SMILES string of the molecule is C1=COC(CCNCc2ccccc2)O1. The fourth-order valence-electron chi connectivity index (χ4n) is 1.46. The van der Waals surface area contributed by atoms with E-state index in [2.05, 4.69) is 17.4 Å². The van der Waals surface area contributed by atoms with Crippen LogP contribution in [0.15, 0.2) is 42.9 Å². The molecule has 0 aromatic heterocycles. The predicted molar refractivity (Wildman–Crippen MR) is 57.9 cm³/mol. The van der Waals surface area contributed by atoms with Crippen molar-refractivity contribution in [2.45, 2.75) is 19.3 Å². The van der Waals surface area contributed by atoms with Crippen molar-refractivity contribution in [2.24, 2.45) is 0 Å². The topological polar surface area (TPSA) is 30.5 Å². The summed E-state index contributed by atoms with van der Waals surface area (Å²) in [6.07, 6.45) is 3.93. The van der Waals surface area contributed by atoms with E-state index in [4.69, 9.17) is 9.47 Å². The van der Waals surface area contributed by atoms with Crippen LogP contribution in [0.25, 0.3) is 0 Å². The molecule has 0 saturated heterocycles. The summed E-state index contributed by atoms with van der Waals surface area (Å²) < 4.78 is 10.3. The lowest BCUT2D eigenvalue weighted by atomic mass is 10.2. The van der Waals surface area contributed by atoms with E-state index in [1.54, 1.807) is 12.5 Å². The minimum Gasteiger partial charge on any atom is -0.459 e. The van der Waals surface area contributed by atoms with Gasteiger partial charge >= 0.3 is 0 Å². The van der Waals surface area contributed by atoms with Gasteiger partial charge in [-0.05, 0) is 5.56 Å². The Morgan fingerprint density at radius 1 is 1.07 bits per heavy atom. The van der Waals surface area contributed by atoms with Gasteiger partial charge in [0.25, 0.3) is 0 Å². The quantitative estimate of drug-likeness (QED) is 0.746. The first-order valence-electron chi connectivity index (χ1n) is 5.16. The van der Waals surface area contributed by atoms with Crippen LogP contribution in [0.3, 0.4) is 0 Å². The molecule has 3 heteroatoms. The van der Waals surface area contributed by atoms with E-state index in [0.717, 1.165) is 19.5 Å². The normalized spacial score (nSPS) is 14.9. The van der Waals surface area contributed by atoms with Crippen molar-refractivity contribution in [1.82, 2.24) is 5.32 Å². The van der Waals surface area contributed by atoms with Gasteiger partial charge < -0.3 is 14.8 Å². The molecule has 0 fully saturated rings. The van der Waals surface area contributed by atoms with E-state index in [9.17, 15) is 0 Å². The highest BCUT2D eigenvalue weighted by Gasteiger charge is 2.10. The lowest BCUT2D eigenvalue weighted by Crippen LogP contribution is -2.20. The Bertz CT molecular complexity index is 303. The number of hydrogen-bond donors (Lipinski definition) is 1. The molecule has 0 aliphatic carbocycles. The summed E-state index contributed by atoms with van der Waals surface area (Å²) in [5.74, 6) is 0. The summed E-state index contributed by atoms with van der Waals surface area (Å²) in [5, 5.41) is 3.34. The zero-order chi connectivity index (χ0) is 10.3. The molecule has 2 rings (SSSR count). The molecule has 1 aliphatic rings. The third-order valence-electron chi connectivity index (χ3n) is 2.25. The smallest absolute Gasteiger partial charge is 0.240 e. The van der Waals surface area contributed by atoms with Crippen molar-refractivity contribution in [2.75, 3.05) is 6.54 Å². The van der Waals surface area contributed by atoms with Crippen molar-refractivity contribution in [3.63, 3.8) is 0 Å². The van der Waals surface area contributed by atoms with Gasteiger partial charge in [0, 0.05) is 19.5 Å². The first-order valence-corrected chi connectivity index (χ1v) is 5.16. The van der Waals surface area contributed by atoms with E-state index in [0.29, 0.717) is 0 Å². The van der Waals surface area contributed by atoms with Gasteiger partial charge in [0.15, 0.2) is 0 Å². The summed E-state index contributed by atoms with van der Waals surface area (Å²) in [6, 6.07) is 10.3. The molecule has 1 aromatic rings. The maximum atomic E-state index is 5.16. The summed E-state index contributed by atoms with van der Waals surface area (Å²) in [5.41, 5.74) is 1.30. The fourth-order valence-corrected chi connectivity index (χ4v) is 1.46. The number of hydrogen-bond acceptors (Lipinski definition) is 3. The van der Waals surface area contributed by atoms with E-state index in [1.165, 1.54) is 5.56 Å². The molecular formula is C12H15NO2. The van der Waals surface area contributed by atoms with Crippen LogP contribution in [0.1, 0.15) is 12.0 Å². The van der Waals surface area contributed by atoms with Crippen molar-refractivity contribution < 1.29 is 9.47 Å². The minimum atomic E-state index is -0.103. The van der Waals surface area contributed by atoms with Crippen molar-refractivity contribution in [3.8, 4) is 0 Å². The first kappa shape index (κ1) is 10.1. The third kappa shape index (κ3) is 3.29. The van der Waals surface area contributed by atoms with Gasteiger partial charge in [-0.3, -0.25) is 0 Å². The number of ether oxygens (including phenoxy) is 2. The van der Waals surface area contributed by atoms with E-state index in [1.807, 2.05) is 18.2 Å². The second-order valence-corrected chi connectivity index (χ2v) is 3.42. The molecule has 80 valence electrons. The summed E-state index contributed by atoms with van der Waals surface area (Å²) in [4.78, 5) is 0. The lowest BCUT2D eigenvalue weighted by Gasteiger charge is -2.10. The second-order valence-electron chi connectivity index (χ2n) is 3.42. The Kier molecular flexibility index (Phi) is 3.63. The molecule has 1 heterocycles. The maximum Gasteiger partial charge on any atom is 0.240 e. The van der Waals surface area contributed by atoms with Crippen molar-refractivity contribution in [3.05, 3.63) is 48.4 Å². The molecule has 1 aliphatic heterocycles.